The third-order valence-corrected chi connectivity index (χ3v) is 6.31. The molecular weight excluding hydrogens is 304 g/mol. The summed E-state index contributed by atoms with van der Waals surface area (Å²) in [6.45, 7) is 5.46. The minimum atomic E-state index is -3.38. The van der Waals surface area contributed by atoms with E-state index in [1.165, 1.54) is 6.42 Å². The number of hydrogen-bond donors (Lipinski definition) is 2. The molecule has 0 bridgehead atoms. The van der Waals surface area contributed by atoms with Gasteiger partial charge in [0.05, 0.1) is 4.90 Å². The van der Waals surface area contributed by atoms with Gasteiger partial charge in [-0.1, -0.05) is 26.0 Å². The second-order valence-electron chi connectivity index (χ2n) is 5.67. The Morgan fingerprint density at radius 3 is 2.57 bits per heavy atom. The van der Waals surface area contributed by atoms with Gasteiger partial charge in [0.2, 0.25) is 10.0 Å². The third-order valence-electron chi connectivity index (χ3n) is 3.47. The first-order valence-corrected chi connectivity index (χ1v) is 9.94. The highest BCUT2D eigenvalue weighted by Crippen LogP contribution is 2.25. The molecule has 21 heavy (non-hydrogen) atoms. The highest BCUT2D eigenvalue weighted by atomic mass is 32.2. The molecule has 1 heterocycles. The van der Waals surface area contributed by atoms with Crippen molar-refractivity contribution in [2.45, 2.75) is 49.4 Å². The molecule has 4 nitrogen and oxygen atoms in total. The Bertz CT molecular complexity index is 535. The molecule has 0 saturated carbocycles. The number of nitrogens with one attached hydrogen (secondary N) is 2. The molecule has 0 spiro atoms. The molecule has 1 aliphatic heterocycles. The van der Waals surface area contributed by atoms with Crippen molar-refractivity contribution in [2.75, 3.05) is 12.3 Å². The van der Waals surface area contributed by atoms with E-state index in [4.69, 9.17) is 0 Å². The summed E-state index contributed by atoms with van der Waals surface area (Å²) in [4.78, 5) is 0.346. The van der Waals surface area contributed by atoms with Gasteiger partial charge in [0.25, 0.3) is 0 Å². The van der Waals surface area contributed by atoms with Crippen LogP contribution in [0.5, 0.6) is 0 Å². The van der Waals surface area contributed by atoms with Crippen LogP contribution >= 0.6 is 11.8 Å². The number of rotatable bonds is 7. The van der Waals surface area contributed by atoms with Crippen LogP contribution < -0.4 is 10.0 Å². The monoisotopic (exact) mass is 328 g/mol. The Morgan fingerprint density at radius 1 is 1.29 bits per heavy atom. The maximum atomic E-state index is 12.2. The average molecular weight is 329 g/mol. The Hall–Kier alpha value is -0.560. The van der Waals surface area contributed by atoms with E-state index in [9.17, 15) is 8.42 Å². The molecule has 0 radical (unpaired) electrons. The molecule has 1 aliphatic rings. The summed E-state index contributed by atoms with van der Waals surface area (Å²) < 4.78 is 27.2. The first-order chi connectivity index (χ1) is 9.97. The highest BCUT2D eigenvalue weighted by molar-refractivity contribution is 8.00. The van der Waals surface area contributed by atoms with Crippen LogP contribution in [0.4, 0.5) is 0 Å². The zero-order valence-electron chi connectivity index (χ0n) is 12.6. The fourth-order valence-corrected chi connectivity index (χ4v) is 4.59. The van der Waals surface area contributed by atoms with E-state index < -0.39 is 10.0 Å². The van der Waals surface area contributed by atoms with E-state index >= 15 is 0 Å². The number of hydrogen-bond acceptors (Lipinski definition) is 4. The minimum Gasteiger partial charge on any atom is -0.310 e. The van der Waals surface area contributed by atoms with Crippen LogP contribution in [0.2, 0.25) is 0 Å². The molecule has 1 unspecified atom stereocenters. The predicted octanol–water partition coefficient (Wildman–Crippen LogP) is 2.36. The van der Waals surface area contributed by atoms with Gasteiger partial charge in [0.15, 0.2) is 0 Å². The summed E-state index contributed by atoms with van der Waals surface area (Å²) in [5.41, 5.74) is 1.09. The molecule has 0 aromatic heterocycles. The summed E-state index contributed by atoms with van der Waals surface area (Å²) in [5, 5.41) is 3.74. The van der Waals surface area contributed by atoms with Crippen molar-refractivity contribution >= 4 is 21.8 Å². The van der Waals surface area contributed by atoms with Crippen LogP contribution in [0.15, 0.2) is 29.2 Å². The van der Waals surface area contributed by atoms with E-state index in [1.807, 2.05) is 23.9 Å². The summed E-state index contributed by atoms with van der Waals surface area (Å²) in [7, 11) is -3.38. The lowest BCUT2D eigenvalue weighted by molar-refractivity contribution is 0.578. The molecule has 118 valence electrons. The van der Waals surface area contributed by atoms with Crippen LogP contribution in [0.3, 0.4) is 0 Å². The largest absolute Gasteiger partial charge is 0.310 e. The molecule has 2 N–H and O–H groups in total. The van der Waals surface area contributed by atoms with Crippen molar-refractivity contribution in [2.24, 2.45) is 0 Å². The fourth-order valence-electron chi connectivity index (χ4n) is 2.20. The maximum absolute atomic E-state index is 12.2. The fraction of sp³-hybridized carbons (Fsp3) is 0.600. The zero-order valence-corrected chi connectivity index (χ0v) is 14.3. The molecular formula is C15H24N2O2S2. The lowest BCUT2D eigenvalue weighted by atomic mass is 10.2. The standard InChI is InChI=1S/C15H24N2O2S2/c1-12(2)16-10-13-5-7-15(8-6-13)21(18,19)17-11-14-4-3-9-20-14/h5-8,12,14,16-17H,3-4,9-11H2,1-2H3. The minimum absolute atomic E-state index is 0.346. The van der Waals surface area contributed by atoms with Gasteiger partial charge >= 0.3 is 0 Å². The predicted molar refractivity (Wildman–Crippen MR) is 89.1 cm³/mol. The van der Waals surface area contributed by atoms with Crippen LogP contribution in [-0.4, -0.2) is 32.0 Å². The van der Waals surface area contributed by atoms with E-state index in [-0.39, 0.29) is 0 Å². The van der Waals surface area contributed by atoms with Gasteiger partial charge in [0.1, 0.15) is 0 Å². The van der Waals surface area contributed by atoms with Gasteiger partial charge in [-0.2, -0.15) is 11.8 Å². The molecule has 1 aromatic rings. The van der Waals surface area contributed by atoms with Gasteiger partial charge < -0.3 is 5.32 Å². The molecule has 1 fully saturated rings. The van der Waals surface area contributed by atoms with E-state index in [0.717, 1.165) is 24.3 Å². The Labute approximate surface area is 132 Å². The number of thioether (sulfide) groups is 1. The second-order valence-corrected chi connectivity index (χ2v) is 8.84. The first-order valence-electron chi connectivity index (χ1n) is 7.41. The molecule has 1 aromatic carbocycles. The van der Waals surface area contributed by atoms with Gasteiger partial charge in [-0.3, -0.25) is 0 Å². The molecule has 0 aliphatic carbocycles. The van der Waals surface area contributed by atoms with E-state index in [2.05, 4.69) is 23.9 Å². The number of sulfonamides is 1. The van der Waals surface area contributed by atoms with Crippen molar-refractivity contribution in [3.63, 3.8) is 0 Å². The van der Waals surface area contributed by atoms with Crippen molar-refractivity contribution < 1.29 is 8.42 Å². The lowest BCUT2D eigenvalue weighted by Crippen LogP contribution is -2.29. The van der Waals surface area contributed by atoms with Crippen LogP contribution in [-0.2, 0) is 16.6 Å². The molecule has 6 heteroatoms. The summed E-state index contributed by atoms with van der Waals surface area (Å²) in [6, 6.07) is 7.52. The van der Waals surface area contributed by atoms with Crippen LogP contribution in [0.1, 0.15) is 32.3 Å². The van der Waals surface area contributed by atoms with Crippen molar-refractivity contribution in [3.8, 4) is 0 Å². The van der Waals surface area contributed by atoms with Crippen LogP contribution in [0.25, 0.3) is 0 Å². The lowest BCUT2D eigenvalue weighted by Gasteiger charge is -2.12. The Balaban J connectivity index is 1.92. The average Bonchev–Trinajstić information content (AvgIpc) is 2.97. The van der Waals surface area contributed by atoms with Gasteiger partial charge in [-0.25, -0.2) is 13.1 Å². The summed E-state index contributed by atoms with van der Waals surface area (Å²) in [5.74, 6) is 1.14. The highest BCUT2D eigenvalue weighted by Gasteiger charge is 2.20. The van der Waals surface area contributed by atoms with E-state index in [1.54, 1.807) is 12.1 Å². The SMILES string of the molecule is CC(C)NCc1ccc(S(=O)(=O)NCC2CCCS2)cc1. The van der Waals surface area contributed by atoms with Gasteiger partial charge in [-0.05, 0) is 36.3 Å². The quantitative estimate of drug-likeness (QED) is 0.807. The molecule has 1 saturated heterocycles. The topological polar surface area (TPSA) is 58.2 Å². The van der Waals surface area contributed by atoms with Crippen LogP contribution in [0, 0.1) is 0 Å². The summed E-state index contributed by atoms with van der Waals surface area (Å²) >= 11 is 1.85. The molecule has 2 rings (SSSR count). The zero-order chi connectivity index (χ0) is 15.3. The van der Waals surface area contributed by atoms with E-state index in [0.29, 0.717) is 22.7 Å². The number of benzene rings is 1. The summed E-state index contributed by atoms with van der Waals surface area (Å²) in [6.07, 6.45) is 2.29. The normalized spacial score (nSPS) is 19.3. The smallest absolute Gasteiger partial charge is 0.240 e. The molecule has 1 atom stereocenters. The van der Waals surface area contributed by atoms with Crippen molar-refractivity contribution in [3.05, 3.63) is 29.8 Å². The molecule has 0 amide bonds. The van der Waals surface area contributed by atoms with Crippen molar-refractivity contribution in [1.82, 2.24) is 10.0 Å². The first kappa shape index (κ1) is 16.8. The van der Waals surface area contributed by atoms with Crippen molar-refractivity contribution in [1.29, 1.82) is 0 Å². The second kappa shape index (κ2) is 7.63. The third kappa shape index (κ3) is 5.29. The van der Waals surface area contributed by atoms with Gasteiger partial charge in [-0.15, -0.1) is 0 Å². The van der Waals surface area contributed by atoms with Gasteiger partial charge in [0, 0.05) is 24.4 Å². The Kier molecular flexibility index (Phi) is 6.10. The maximum Gasteiger partial charge on any atom is 0.240 e. The Morgan fingerprint density at radius 2 is 2.00 bits per heavy atom.